The van der Waals surface area contributed by atoms with Gasteiger partial charge in [-0.25, -0.2) is 0 Å². The van der Waals surface area contributed by atoms with E-state index in [4.69, 9.17) is 4.74 Å². The molecular formula is C14H19NO. The molecule has 0 bridgehead atoms. The third-order valence-electron chi connectivity index (χ3n) is 1.48. The van der Waals surface area contributed by atoms with E-state index in [-0.39, 0.29) is 0 Å². The van der Waals surface area contributed by atoms with Gasteiger partial charge in [0.2, 0.25) is 0 Å². The van der Waals surface area contributed by atoms with Gasteiger partial charge in [-0.05, 0) is 31.2 Å². The largest absolute Gasteiger partial charge is 0.456 e. The molecule has 0 aliphatic heterocycles. The number of hydrogen-bond donors (Lipinski definition) is 0. The van der Waals surface area contributed by atoms with Gasteiger partial charge in [-0.3, -0.25) is 4.98 Å². The van der Waals surface area contributed by atoms with Crippen molar-refractivity contribution >= 4 is 0 Å². The summed E-state index contributed by atoms with van der Waals surface area (Å²) < 4.78 is 5.54. The summed E-state index contributed by atoms with van der Waals surface area (Å²) in [5.74, 6) is 1.47. The molecule has 16 heavy (non-hydrogen) atoms. The fourth-order valence-corrected chi connectivity index (χ4v) is 0.948. The molecule has 0 aliphatic carbocycles. The standard InChI is InChI=1S/C12H13NO.C2H6/c1-3-6-11(7-4-2)14-12-8-5-9-13-10-12;1-2/h3-10H,1H2,2H3;1-2H3/b7-4-,11-6+;. The summed E-state index contributed by atoms with van der Waals surface area (Å²) in [6.45, 7) is 9.55. The van der Waals surface area contributed by atoms with Gasteiger partial charge in [0.05, 0.1) is 6.20 Å². The number of aromatic nitrogens is 1. The van der Waals surface area contributed by atoms with Gasteiger partial charge in [0.15, 0.2) is 0 Å². The fourth-order valence-electron chi connectivity index (χ4n) is 0.948. The smallest absolute Gasteiger partial charge is 0.145 e. The Morgan fingerprint density at radius 3 is 2.69 bits per heavy atom. The summed E-state index contributed by atoms with van der Waals surface area (Å²) in [5, 5.41) is 0. The van der Waals surface area contributed by atoms with Crippen LogP contribution in [0.1, 0.15) is 20.8 Å². The molecule has 86 valence electrons. The number of allylic oxidation sites excluding steroid dienone is 4. The second kappa shape index (κ2) is 9.71. The van der Waals surface area contributed by atoms with Crippen molar-refractivity contribution in [2.45, 2.75) is 20.8 Å². The van der Waals surface area contributed by atoms with Crippen LogP contribution in [0.3, 0.4) is 0 Å². The van der Waals surface area contributed by atoms with Crippen LogP contribution in [0.25, 0.3) is 0 Å². The van der Waals surface area contributed by atoms with Gasteiger partial charge >= 0.3 is 0 Å². The molecule has 1 heterocycles. The van der Waals surface area contributed by atoms with Crippen LogP contribution in [-0.2, 0) is 0 Å². The molecule has 0 fully saturated rings. The number of hydrogen-bond acceptors (Lipinski definition) is 2. The van der Waals surface area contributed by atoms with Crippen LogP contribution in [0, 0.1) is 0 Å². The van der Waals surface area contributed by atoms with Crippen molar-refractivity contribution in [2.75, 3.05) is 0 Å². The zero-order valence-electron chi connectivity index (χ0n) is 10.2. The Hall–Kier alpha value is -1.83. The minimum Gasteiger partial charge on any atom is -0.456 e. The Labute approximate surface area is 98.0 Å². The number of nitrogens with zero attached hydrogens (tertiary/aromatic N) is 1. The van der Waals surface area contributed by atoms with Crippen molar-refractivity contribution in [2.24, 2.45) is 0 Å². The molecule has 1 aromatic heterocycles. The minimum atomic E-state index is 0.721. The molecule has 0 spiro atoms. The van der Waals surface area contributed by atoms with Crippen molar-refractivity contribution in [3.8, 4) is 5.75 Å². The molecule has 0 saturated carbocycles. The molecule has 0 unspecified atom stereocenters. The highest BCUT2D eigenvalue weighted by Crippen LogP contribution is 2.11. The summed E-state index contributed by atoms with van der Waals surface area (Å²) >= 11 is 0. The molecule has 0 saturated heterocycles. The molecule has 0 aliphatic rings. The van der Waals surface area contributed by atoms with Crippen LogP contribution in [-0.4, -0.2) is 4.98 Å². The molecule has 0 N–H and O–H groups in total. The fraction of sp³-hybridized carbons (Fsp3) is 0.214. The van der Waals surface area contributed by atoms with Gasteiger partial charge in [-0.1, -0.05) is 32.6 Å². The SMILES string of the molecule is C=C/C=C(\C=C/C)Oc1cccnc1.CC. The minimum absolute atomic E-state index is 0.721. The topological polar surface area (TPSA) is 22.1 Å². The molecule has 0 aromatic carbocycles. The van der Waals surface area contributed by atoms with Gasteiger partial charge in [0.25, 0.3) is 0 Å². The Bertz CT molecular complexity index is 339. The molecule has 1 rings (SSSR count). The van der Waals surface area contributed by atoms with Crippen LogP contribution in [0.4, 0.5) is 0 Å². The average Bonchev–Trinajstić information content (AvgIpc) is 2.34. The van der Waals surface area contributed by atoms with Crippen molar-refractivity contribution < 1.29 is 4.74 Å². The highest BCUT2D eigenvalue weighted by atomic mass is 16.5. The maximum absolute atomic E-state index is 5.54. The van der Waals surface area contributed by atoms with Gasteiger partial charge < -0.3 is 4.74 Å². The molecule has 0 amide bonds. The zero-order valence-corrected chi connectivity index (χ0v) is 10.2. The lowest BCUT2D eigenvalue weighted by molar-refractivity contribution is 0.442. The molecular weight excluding hydrogens is 198 g/mol. The van der Waals surface area contributed by atoms with Gasteiger partial charge in [-0.2, -0.15) is 0 Å². The Morgan fingerprint density at radius 1 is 1.44 bits per heavy atom. The molecule has 0 atom stereocenters. The van der Waals surface area contributed by atoms with E-state index in [0.717, 1.165) is 11.5 Å². The Morgan fingerprint density at radius 2 is 2.19 bits per heavy atom. The quantitative estimate of drug-likeness (QED) is 0.558. The van der Waals surface area contributed by atoms with Crippen molar-refractivity contribution in [1.29, 1.82) is 0 Å². The van der Waals surface area contributed by atoms with Crippen molar-refractivity contribution in [3.05, 3.63) is 61.2 Å². The third-order valence-corrected chi connectivity index (χ3v) is 1.48. The second-order valence-electron chi connectivity index (χ2n) is 2.60. The van der Waals surface area contributed by atoms with E-state index >= 15 is 0 Å². The monoisotopic (exact) mass is 217 g/mol. The zero-order chi connectivity index (χ0) is 12.2. The molecule has 1 aromatic rings. The first kappa shape index (κ1) is 14.2. The van der Waals surface area contributed by atoms with E-state index in [1.807, 2.05) is 45.1 Å². The summed E-state index contributed by atoms with van der Waals surface area (Å²) in [5.41, 5.74) is 0. The van der Waals surface area contributed by atoms with Crippen molar-refractivity contribution in [1.82, 2.24) is 4.98 Å². The number of ether oxygens (including phenoxy) is 1. The van der Waals surface area contributed by atoms with E-state index in [2.05, 4.69) is 11.6 Å². The average molecular weight is 217 g/mol. The first-order valence-corrected chi connectivity index (χ1v) is 5.40. The first-order chi connectivity index (χ1) is 7.86. The van der Waals surface area contributed by atoms with E-state index < -0.39 is 0 Å². The van der Waals surface area contributed by atoms with Crippen LogP contribution >= 0.6 is 0 Å². The van der Waals surface area contributed by atoms with Crippen LogP contribution in [0.2, 0.25) is 0 Å². The molecule has 2 nitrogen and oxygen atoms in total. The maximum atomic E-state index is 5.54. The normalized spacial score (nSPS) is 10.6. The lowest BCUT2D eigenvalue weighted by atomic mass is 10.4. The molecule has 2 heteroatoms. The first-order valence-electron chi connectivity index (χ1n) is 5.40. The summed E-state index contributed by atoms with van der Waals surface area (Å²) in [6.07, 6.45) is 10.6. The highest BCUT2D eigenvalue weighted by molar-refractivity contribution is 5.25. The van der Waals surface area contributed by atoms with Crippen LogP contribution in [0.5, 0.6) is 5.75 Å². The lowest BCUT2D eigenvalue weighted by Crippen LogP contribution is -1.91. The summed E-state index contributed by atoms with van der Waals surface area (Å²) in [6, 6.07) is 3.68. The Balaban J connectivity index is 0.00000106. The Kier molecular flexibility index (Phi) is 8.60. The third kappa shape index (κ3) is 5.81. The molecule has 0 radical (unpaired) electrons. The predicted octanol–water partition coefficient (Wildman–Crippen LogP) is 4.13. The van der Waals surface area contributed by atoms with Crippen molar-refractivity contribution in [3.63, 3.8) is 0 Å². The maximum Gasteiger partial charge on any atom is 0.145 e. The van der Waals surface area contributed by atoms with E-state index in [1.165, 1.54) is 0 Å². The van der Waals surface area contributed by atoms with E-state index in [1.54, 1.807) is 24.5 Å². The highest BCUT2D eigenvalue weighted by Gasteiger charge is 1.94. The van der Waals surface area contributed by atoms with E-state index in [0.29, 0.717) is 0 Å². The summed E-state index contributed by atoms with van der Waals surface area (Å²) in [4.78, 5) is 3.96. The summed E-state index contributed by atoms with van der Waals surface area (Å²) in [7, 11) is 0. The second-order valence-corrected chi connectivity index (χ2v) is 2.60. The number of pyridine rings is 1. The lowest BCUT2D eigenvalue weighted by Gasteiger charge is -2.04. The van der Waals surface area contributed by atoms with Gasteiger partial charge in [-0.15, -0.1) is 0 Å². The van der Waals surface area contributed by atoms with Gasteiger partial charge in [0, 0.05) is 6.20 Å². The van der Waals surface area contributed by atoms with Crippen LogP contribution < -0.4 is 4.74 Å². The van der Waals surface area contributed by atoms with E-state index in [9.17, 15) is 0 Å². The van der Waals surface area contributed by atoms with Crippen LogP contribution in [0.15, 0.2) is 61.2 Å². The number of rotatable bonds is 4. The van der Waals surface area contributed by atoms with Gasteiger partial charge in [0.1, 0.15) is 11.5 Å². The predicted molar refractivity (Wildman–Crippen MR) is 69.3 cm³/mol.